The van der Waals surface area contributed by atoms with Gasteiger partial charge in [0.25, 0.3) is 5.56 Å². The van der Waals surface area contributed by atoms with E-state index in [1.54, 1.807) is 18.5 Å². The SMILES string of the molecule is Cc1cc(C)c2[nH]c(=O)c(CN3CCC(Oc4ncccn4)CC3)cc2c1. The van der Waals surface area contributed by atoms with Gasteiger partial charge >= 0.3 is 6.01 Å². The Morgan fingerprint density at radius 3 is 2.63 bits per heavy atom. The third kappa shape index (κ3) is 4.01. The van der Waals surface area contributed by atoms with E-state index in [1.165, 1.54) is 5.56 Å². The number of hydrogen-bond donors (Lipinski definition) is 1. The van der Waals surface area contributed by atoms with Crippen LogP contribution in [0, 0.1) is 13.8 Å². The summed E-state index contributed by atoms with van der Waals surface area (Å²) in [4.78, 5) is 26.1. The van der Waals surface area contributed by atoms with E-state index in [0.29, 0.717) is 12.6 Å². The van der Waals surface area contributed by atoms with E-state index in [0.717, 1.165) is 48.0 Å². The van der Waals surface area contributed by atoms with Crippen molar-refractivity contribution in [3.8, 4) is 6.01 Å². The Morgan fingerprint density at radius 1 is 1.15 bits per heavy atom. The molecule has 6 nitrogen and oxygen atoms in total. The van der Waals surface area contributed by atoms with Gasteiger partial charge in [0.15, 0.2) is 0 Å². The molecule has 0 amide bonds. The molecule has 3 aromatic rings. The Labute approximate surface area is 158 Å². The van der Waals surface area contributed by atoms with E-state index >= 15 is 0 Å². The molecule has 1 aliphatic rings. The number of benzene rings is 1. The zero-order valence-electron chi connectivity index (χ0n) is 15.7. The van der Waals surface area contributed by atoms with Gasteiger partial charge in [0, 0.05) is 37.6 Å². The van der Waals surface area contributed by atoms with Gasteiger partial charge in [0.05, 0.1) is 5.52 Å². The number of fused-ring (bicyclic) bond motifs is 1. The second-order valence-corrected chi connectivity index (χ2v) is 7.29. The number of nitrogens with one attached hydrogen (secondary N) is 1. The third-order valence-corrected chi connectivity index (χ3v) is 5.11. The number of H-pyrrole nitrogens is 1. The van der Waals surface area contributed by atoms with Gasteiger partial charge in [-0.25, -0.2) is 9.97 Å². The lowest BCUT2D eigenvalue weighted by atomic mass is 10.0. The number of aromatic amines is 1. The molecule has 0 saturated carbocycles. The van der Waals surface area contributed by atoms with Crippen molar-refractivity contribution in [1.82, 2.24) is 19.9 Å². The lowest BCUT2D eigenvalue weighted by Crippen LogP contribution is -2.39. The molecule has 0 aliphatic carbocycles. The topological polar surface area (TPSA) is 71.1 Å². The number of rotatable bonds is 4. The average Bonchev–Trinajstić information content (AvgIpc) is 2.65. The molecule has 4 rings (SSSR count). The van der Waals surface area contributed by atoms with E-state index in [9.17, 15) is 4.79 Å². The van der Waals surface area contributed by atoms with Crippen LogP contribution in [0.3, 0.4) is 0 Å². The van der Waals surface area contributed by atoms with Crippen molar-refractivity contribution >= 4 is 10.9 Å². The second kappa shape index (κ2) is 7.48. The monoisotopic (exact) mass is 364 g/mol. The van der Waals surface area contributed by atoms with Crippen molar-refractivity contribution in [2.45, 2.75) is 39.3 Å². The van der Waals surface area contributed by atoms with Crippen LogP contribution >= 0.6 is 0 Å². The highest BCUT2D eigenvalue weighted by Gasteiger charge is 2.22. The molecule has 0 bridgehead atoms. The predicted octanol–water partition coefficient (Wildman–Crippen LogP) is 2.98. The van der Waals surface area contributed by atoms with E-state index < -0.39 is 0 Å². The smallest absolute Gasteiger partial charge is 0.316 e. The second-order valence-electron chi connectivity index (χ2n) is 7.29. The van der Waals surface area contributed by atoms with Gasteiger partial charge in [-0.05, 0) is 55.8 Å². The summed E-state index contributed by atoms with van der Waals surface area (Å²) in [5.74, 6) is 0. The van der Waals surface area contributed by atoms with Crippen LogP contribution in [0.15, 0.2) is 41.5 Å². The van der Waals surface area contributed by atoms with Crippen molar-refractivity contribution in [1.29, 1.82) is 0 Å². The molecule has 0 radical (unpaired) electrons. The van der Waals surface area contributed by atoms with Gasteiger partial charge < -0.3 is 9.72 Å². The Balaban J connectivity index is 1.43. The summed E-state index contributed by atoms with van der Waals surface area (Å²) in [6.45, 7) is 6.56. The molecule has 0 atom stereocenters. The van der Waals surface area contributed by atoms with Crippen molar-refractivity contribution in [3.63, 3.8) is 0 Å². The fourth-order valence-corrected chi connectivity index (χ4v) is 3.77. The van der Waals surface area contributed by atoms with Gasteiger partial charge in [0.1, 0.15) is 6.10 Å². The molecular formula is C21H24N4O2. The first kappa shape index (κ1) is 17.7. The molecule has 1 fully saturated rings. The maximum atomic E-state index is 12.5. The van der Waals surface area contributed by atoms with Gasteiger partial charge in [-0.1, -0.05) is 11.6 Å². The predicted molar refractivity (Wildman–Crippen MR) is 105 cm³/mol. The minimum absolute atomic E-state index is 0.00510. The van der Waals surface area contributed by atoms with Crippen LogP contribution in [0.5, 0.6) is 6.01 Å². The standard InChI is InChI=1S/C21H24N4O2/c1-14-10-15(2)19-16(11-14)12-17(20(26)24-19)13-25-8-4-18(5-9-25)27-21-22-6-3-7-23-21/h3,6-7,10-12,18H,4-5,8-9,13H2,1-2H3,(H,24,26). The van der Waals surface area contributed by atoms with E-state index in [2.05, 4.69) is 38.9 Å². The number of pyridine rings is 1. The number of aromatic nitrogens is 3. The van der Waals surface area contributed by atoms with Crippen LogP contribution in [0.1, 0.15) is 29.5 Å². The fourth-order valence-electron chi connectivity index (χ4n) is 3.77. The van der Waals surface area contributed by atoms with Crippen LogP contribution in [0.4, 0.5) is 0 Å². The average molecular weight is 364 g/mol. The van der Waals surface area contributed by atoms with Gasteiger partial charge in [-0.15, -0.1) is 0 Å². The van der Waals surface area contributed by atoms with Crippen molar-refractivity contribution in [3.05, 3.63) is 63.7 Å². The first-order chi connectivity index (χ1) is 13.1. The molecule has 2 aromatic heterocycles. The summed E-state index contributed by atoms with van der Waals surface area (Å²) < 4.78 is 5.84. The quantitative estimate of drug-likeness (QED) is 0.771. The molecule has 1 N–H and O–H groups in total. The van der Waals surface area contributed by atoms with E-state index in [1.807, 2.05) is 13.0 Å². The van der Waals surface area contributed by atoms with E-state index in [-0.39, 0.29) is 11.7 Å². The van der Waals surface area contributed by atoms with E-state index in [4.69, 9.17) is 4.74 Å². The lowest BCUT2D eigenvalue weighted by molar-refractivity contribution is 0.0891. The molecule has 1 aliphatic heterocycles. The van der Waals surface area contributed by atoms with Crippen LogP contribution in [-0.4, -0.2) is 39.0 Å². The van der Waals surface area contributed by atoms with Crippen molar-refractivity contribution < 1.29 is 4.74 Å². The molecule has 3 heterocycles. The van der Waals surface area contributed by atoms with Crippen LogP contribution in [-0.2, 0) is 6.54 Å². The van der Waals surface area contributed by atoms with Crippen molar-refractivity contribution in [2.24, 2.45) is 0 Å². The first-order valence-electron chi connectivity index (χ1n) is 9.38. The van der Waals surface area contributed by atoms with Gasteiger partial charge in [-0.2, -0.15) is 0 Å². The Bertz CT molecular complexity index is 992. The molecule has 1 aromatic carbocycles. The molecule has 1 saturated heterocycles. The zero-order chi connectivity index (χ0) is 18.8. The summed E-state index contributed by atoms with van der Waals surface area (Å²) in [6, 6.07) is 8.47. The largest absolute Gasteiger partial charge is 0.460 e. The number of ether oxygens (including phenoxy) is 1. The normalized spacial score (nSPS) is 15.9. The Morgan fingerprint density at radius 2 is 1.89 bits per heavy atom. The van der Waals surface area contributed by atoms with Crippen LogP contribution in [0.25, 0.3) is 10.9 Å². The molecule has 6 heteroatoms. The third-order valence-electron chi connectivity index (χ3n) is 5.11. The minimum atomic E-state index is 0.00510. The molecule has 27 heavy (non-hydrogen) atoms. The zero-order valence-corrected chi connectivity index (χ0v) is 15.7. The molecular weight excluding hydrogens is 340 g/mol. The van der Waals surface area contributed by atoms with Crippen LogP contribution in [0.2, 0.25) is 0 Å². The summed E-state index contributed by atoms with van der Waals surface area (Å²) in [6.07, 6.45) is 5.31. The maximum Gasteiger partial charge on any atom is 0.316 e. The van der Waals surface area contributed by atoms with Gasteiger partial charge in [-0.3, -0.25) is 9.69 Å². The minimum Gasteiger partial charge on any atom is -0.460 e. The summed E-state index contributed by atoms with van der Waals surface area (Å²) >= 11 is 0. The Hall–Kier alpha value is -2.73. The summed E-state index contributed by atoms with van der Waals surface area (Å²) in [5.41, 5.74) is 4.07. The fraction of sp³-hybridized carbons (Fsp3) is 0.381. The highest BCUT2D eigenvalue weighted by atomic mass is 16.5. The summed E-state index contributed by atoms with van der Waals surface area (Å²) in [7, 11) is 0. The number of piperidine rings is 1. The van der Waals surface area contributed by atoms with Crippen molar-refractivity contribution in [2.75, 3.05) is 13.1 Å². The Kier molecular flexibility index (Phi) is 4.90. The number of hydrogen-bond acceptors (Lipinski definition) is 5. The number of aryl methyl sites for hydroxylation is 2. The highest BCUT2D eigenvalue weighted by Crippen LogP contribution is 2.20. The summed E-state index contributed by atoms with van der Waals surface area (Å²) in [5, 5.41) is 1.10. The maximum absolute atomic E-state index is 12.5. The first-order valence-corrected chi connectivity index (χ1v) is 9.38. The van der Waals surface area contributed by atoms with Gasteiger partial charge in [0.2, 0.25) is 0 Å². The molecule has 140 valence electrons. The number of nitrogens with zero attached hydrogens (tertiary/aromatic N) is 3. The highest BCUT2D eigenvalue weighted by molar-refractivity contribution is 5.82. The molecule has 0 unspecified atom stereocenters. The number of likely N-dealkylation sites (tertiary alicyclic amines) is 1. The molecule has 0 spiro atoms. The van der Waals surface area contributed by atoms with Crippen LogP contribution < -0.4 is 10.3 Å². The lowest BCUT2D eigenvalue weighted by Gasteiger charge is -2.31.